The van der Waals surface area contributed by atoms with E-state index >= 15 is 0 Å². The van der Waals surface area contributed by atoms with E-state index in [2.05, 4.69) is 24.3 Å². The third-order valence-corrected chi connectivity index (χ3v) is 6.21. The van der Waals surface area contributed by atoms with Crippen LogP contribution in [0.5, 0.6) is 0 Å². The van der Waals surface area contributed by atoms with Crippen molar-refractivity contribution in [3.63, 3.8) is 0 Å². The minimum Gasteiger partial charge on any atom is -0.362 e. The standard InChI is InChI=1S/C27H26O4/c1-26(28)22-15-20-6-3-4-9-24(20)25(16-22)27(2,29)31-17-21-8-5-7-19-14-18(12-13-30-26)10-11-23(19)21/h3-11,14-16,28-29H,12-13,17H2,1-2H3. The highest BCUT2D eigenvalue weighted by Crippen LogP contribution is 2.36. The molecule has 2 atom stereocenters. The Morgan fingerprint density at radius 1 is 0.742 bits per heavy atom. The first-order chi connectivity index (χ1) is 14.8. The van der Waals surface area contributed by atoms with Crippen LogP contribution in [0.3, 0.4) is 0 Å². The van der Waals surface area contributed by atoms with Crippen molar-refractivity contribution in [1.82, 2.24) is 0 Å². The Balaban J connectivity index is 1.69. The van der Waals surface area contributed by atoms with Gasteiger partial charge in [-0.1, -0.05) is 60.7 Å². The fraction of sp³-hybridized carbons (Fsp3) is 0.259. The van der Waals surface area contributed by atoms with Crippen molar-refractivity contribution in [2.24, 2.45) is 0 Å². The van der Waals surface area contributed by atoms with Crippen molar-refractivity contribution in [2.75, 3.05) is 6.61 Å². The molecule has 0 fully saturated rings. The van der Waals surface area contributed by atoms with E-state index in [4.69, 9.17) is 9.47 Å². The van der Waals surface area contributed by atoms with Crippen molar-refractivity contribution >= 4 is 21.5 Å². The van der Waals surface area contributed by atoms with E-state index in [1.807, 2.05) is 42.5 Å². The van der Waals surface area contributed by atoms with Gasteiger partial charge in [-0.2, -0.15) is 0 Å². The lowest BCUT2D eigenvalue weighted by Gasteiger charge is -2.30. The van der Waals surface area contributed by atoms with Gasteiger partial charge in [-0.3, -0.25) is 0 Å². The van der Waals surface area contributed by atoms with E-state index in [0.717, 1.165) is 32.7 Å². The fourth-order valence-corrected chi connectivity index (χ4v) is 4.39. The molecule has 0 amide bonds. The number of ether oxygens (including phenoxy) is 2. The molecular formula is C27H26O4. The van der Waals surface area contributed by atoms with Crippen molar-refractivity contribution < 1.29 is 19.7 Å². The largest absolute Gasteiger partial charge is 0.362 e. The van der Waals surface area contributed by atoms with E-state index in [0.29, 0.717) is 24.2 Å². The Bertz CT molecular complexity index is 1270. The second kappa shape index (κ2) is 7.43. The molecule has 6 rings (SSSR count). The number of benzene rings is 4. The van der Waals surface area contributed by atoms with Crippen LogP contribution < -0.4 is 0 Å². The third-order valence-electron chi connectivity index (χ3n) is 6.21. The molecule has 4 aromatic rings. The second-order valence-electron chi connectivity index (χ2n) is 8.57. The Kier molecular flexibility index (Phi) is 4.83. The number of aliphatic hydroxyl groups is 2. The van der Waals surface area contributed by atoms with Gasteiger partial charge in [0.1, 0.15) is 0 Å². The Labute approximate surface area is 181 Å². The monoisotopic (exact) mass is 414 g/mol. The van der Waals surface area contributed by atoms with Crippen LogP contribution in [-0.4, -0.2) is 16.8 Å². The first kappa shape index (κ1) is 20.2. The van der Waals surface area contributed by atoms with Crippen LogP contribution in [0.2, 0.25) is 0 Å². The van der Waals surface area contributed by atoms with E-state index in [-0.39, 0.29) is 6.61 Å². The van der Waals surface area contributed by atoms with Gasteiger partial charge < -0.3 is 19.7 Å². The lowest BCUT2D eigenvalue weighted by atomic mass is 9.93. The zero-order valence-electron chi connectivity index (χ0n) is 17.8. The molecule has 6 bridgehead atoms. The highest BCUT2D eigenvalue weighted by Gasteiger charge is 2.31. The molecule has 0 aliphatic carbocycles. The van der Waals surface area contributed by atoms with Gasteiger partial charge in [0, 0.05) is 11.1 Å². The first-order valence-corrected chi connectivity index (χ1v) is 10.6. The normalized spacial score (nSPS) is 24.4. The number of rotatable bonds is 0. The molecule has 2 aliphatic rings. The summed E-state index contributed by atoms with van der Waals surface area (Å²) in [6.07, 6.45) is 0.685. The maximum Gasteiger partial charge on any atom is 0.190 e. The molecule has 0 saturated heterocycles. The molecule has 2 heterocycles. The van der Waals surface area contributed by atoms with Crippen molar-refractivity contribution in [2.45, 2.75) is 38.4 Å². The van der Waals surface area contributed by atoms with Crippen LogP contribution in [0.15, 0.2) is 72.8 Å². The zero-order chi connectivity index (χ0) is 21.6. The summed E-state index contributed by atoms with van der Waals surface area (Å²) in [6.45, 7) is 3.92. The van der Waals surface area contributed by atoms with Crippen molar-refractivity contribution in [3.8, 4) is 0 Å². The average molecular weight is 415 g/mol. The highest BCUT2D eigenvalue weighted by atomic mass is 16.6. The smallest absolute Gasteiger partial charge is 0.190 e. The molecule has 0 radical (unpaired) electrons. The minimum absolute atomic E-state index is 0.259. The summed E-state index contributed by atoms with van der Waals surface area (Å²) in [5, 5.41) is 26.5. The van der Waals surface area contributed by atoms with Gasteiger partial charge in [0.15, 0.2) is 11.6 Å². The molecule has 2 N–H and O–H groups in total. The van der Waals surface area contributed by atoms with Crippen molar-refractivity contribution in [3.05, 3.63) is 95.1 Å². The highest BCUT2D eigenvalue weighted by molar-refractivity contribution is 5.88. The lowest BCUT2D eigenvalue weighted by Crippen LogP contribution is -2.29. The number of hydrogen-bond donors (Lipinski definition) is 2. The van der Waals surface area contributed by atoms with E-state index < -0.39 is 11.6 Å². The summed E-state index contributed by atoms with van der Waals surface area (Å²) < 4.78 is 12.0. The predicted octanol–water partition coefficient (Wildman–Crippen LogP) is 5.11. The lowest BCUT2D eigenvalue weighted by molar-refractivity contribution is -0.207. The van der Waals surface area contributed by atoms with Gasteiger partial charge in [-0.15, -0.1) is 0 Å². The van der Waals surface area contributed by atoms with Gasteiger partial charge in [0.25, 0.3) is 0 Å². The molecular weight excluding hydrogens is 388 g/mol. The third kappa shape index (κ3) is 3.73. The number of fused-ring (bicyclic) bond motifs is 7. The molecule has 0 saturated carbocycles. The summed E-state index contributed by atoms with van der Waals surface area (Å²) in [5.74, 6) is -3.06. The molecule has 4 aromatic carbocycles. The van der Waals surface area contributed by atoms with Gasteiger partial charge in [0.2, 0.25) is 0 Å². The van der Waals surface area contributed by atoms with Crippen LogP contribution in [0.25, 0.3) is 21.5 Å². The summed E-state index contributed by atoms with van der Waals surface area (Å²) in [5.41, 5.74) is 3.34. The Hall–Kier alpha value is -2.76. The van der Waals surface area contributed by atoms with Gasteiger partial charge in [0.05, 0.1) is 13.2 Å². The van der Waals surface area contributed by atoms with Crippen LogP contribution in [0.4, 0.5) is 0 Å². The summed E-state index contributed by atoms with van der Waals surface area (Å²) in [7, 11) is 0. The quantitative estimate of drug-likeness (QED) is 0.420. The van der Waals surface area contributed by atoms with E-state index in [1.54, 1.807) is 19.9 Å². The van der Waals surface area contributed by atoms with Gasteiger partial charge in [-0.05, 0) is 65.1 Å². The minimum atomic E-state index is -1.56. The summed E-state index contributed by atoms with van der Waals surface area (Å²) in [6, 6.07) is 23.9. The molecule has 0 spiro atoms. The average Bonchev–Trinajstić information content (AvgIpc) is 2.76. The SMILES string of the molecule is CC1(O)OCCc2ccc3c(cccc3c2)COC(C)(O)c2cc1cc1ccccc21. The van der Waals surface area contributed by atoms with E-state index in [9.17, 15) is 10.2 Å². The van der Waals surface area contributed by atoms with Crippen LogP contribution in [0, 0.1) is 0 Å². The van der Waals surface area contributed by atoms with Crippen LogP contribution in [-0.2, 0) is 34.1 Å². The predicted molar refractivity (Wildman–Crippen MR) is 121 cm³/mol. The first-order valence-electron chi connectivity index (χ1n) is 10.6. The van der Waals surface area contributed by atoms with Crippen LogP contribution in [0.1, 0.15) is 36.1 Å². The maximum atomic E-state index is 11.4. The topological polar surface area (TPSA) is 58.9 Å². The molecule has 158 valence electrons. The summed E-state index contributed by atoms with van der Waals surface area (Å²) in [4.78, 5) is 0. The zero-order valence-corrected chi connectivity index (χ0v) is 17.8. The Morgan fingerprint density at radius 3 is 2.39 bits per heavy atom. The molecule has 4 nitrogen and oxygen atoms in total. The van der Waals surface area contributed by atoms with Crippen LogP contribution >= 0.6 is 0 Å². The molecule has 2 aliphatic heterocycles. The van der Waals surface area contributed by atoms with E-state index in [1.165, 1.54) is 0 Å². The number of hydrogen-bond acceptors (Lipinski definition) is 4. The molecule has 4 heteroatoms. The molecule has 0 aromatic heterocycles. The van der Waals surface area contributed by atoms with Gasteiger partial charge in [-0.25, -0.2) is 0 Å². The molecule has 2 unspecified atom stereocenters. The fourth-order valence-electron chi connectivity index (χ4n) is 4.39. The Morgan fingerprint density at radius 2 is 1.52 bits per heavy atom. The maximum absolute atomic E-state index is 11.4. The summed E-state index contributed by atoms with van der Waals surface area (Å²) >= 11 is 0. The van der Waals surface area contributed by atoms with Gasteiger partial charge >= 0.3 is 0 Å². The molecule has 31 heavy (non-hydrogen) atoms. The second-order valence-corrected chi connectivity index (χ2v) is 8.57. The van der Waals surface area contributed by atoms with Crippen molar-refractivity contribution in [1.29, 1.82) is 0 Å².